The highest BCUT2D eigenvalue weighted by Crippen LogP contribution is 2.40. The van der Waals surface area contributed by atoms with Gasteiger partial charge < -0.3 is 15.4 Å². The zero-order valence-electron chi connectivity index (χ0n) is 17.3. The maximum atomic E-state index is 12.8. The van der Waals surface area contributed by atoms with E-state index in [1.165, 1.54) is 13.0 Å². The molecule has 1 aromatic carbocycles. The van der Waals surface area contributed by atoms with Gasteiger partial charge in [0.25, 0.3) is 5.91 Å². The van der Waals surface area contributed by atoms with Crippen LogP contribution in [-0.2, 0) is 25.3 Å². The van der Waals surface area contributed by atoms with Crippen molar-refractivity contribution in [3.05, 3.63) is 23.8 Å². The summed E-state index contributed by atoms with van der Waals surface area (Å²) >= 11 is 0.996. The molecule has 1 fully saturated rings. The Morgan fingerprint density at radius 3 is 2.68 bits per heavy atom. The van der Waals surface area contributed by atoms with Crippen LogP contribution in [0.25, 0.3) is 0 Å². The van der Waals surface area contributed by atoms with Crippen LogP contribution in [0.15, 0.2) is 23.1 Å². The zero-order chi connectivity index (χ0) is 22.8. The molecule has 0 spiro atoms. The lowest BCUT2D eigenvalue weighted by Gasteiger charge is -2.30. The van der Waals surface area contributed by atoms with Gasteiger partial charge >= 0.3 is 12.1 Å². The molecule has 2 amide bonds. The van der Waals surface area contributed by atoms with Gasteiger partial charge in [0.1, 0.15) is 0 Å². The molecule has 10 heteroatoms. The lowest BCUT2D eigenvalue weighted by Crippen LogP contribution is -2.46. The van der Waals surface area contributed by atoms with Crippen LogP contribution in [-0.4, -0.2) is 35.2 Å². The van der Waals surface area contributed by atoms with Crippen LogP contribution in [0.2, 0.25) is 0 Å². The van der Waals surface area contributed by atoms with Gasteiger partial charge in [-0.1, -0.05) is 19.8 Å². The second-order valence-corrected chi connectivity index (χ2v) is 9.26. The number of anilines is 1. The Morgan fingerprint density at radius 2 is 2.00 bits per heavy atom. The summed E-state index contributed by atoms with van der Waals surface area (Å²) in [5.74, 6) is -1.32. The van der Waals surface area contributed by atoms with E-state index in [1.54, 1.807) is 0 Å². The van der Waals surface area contributed by atoms with Crippen molar-refractivity contribution >= 4 is 35.2 Å². The summed E-state index contributed by atoms with van der Waals surface area (Å²) in [5, 5.41) is 4.48. The molecule has 0 radical (unpaired) electrons. The summed E-state index contributed by atoms with van der Waals surface area (Å²) in [6, 6.07) is 3.12. The molecule has 0 saturated heterocycles. The molecule has 1 aliphatic carbocycles. The fourth-order valence-electron chi connectivity index (χ4n) is 3.74. The Balaban J connectivity index is 1.54. The standard InChI is InChI=1S/C21H25F3N2O4S/c1-11-5-3-4-6-14(11)25-19(28)12(2)30-18(27)10-17-20(29)26-15-9-13(21(22,23)24)7-8-16(15)31-17/h7-9,11-12,14,17H,3-6,10H2,1-2H3,(H,25,28)(H,26,29). The van der Waals surface area contributed by atoms with Crippen LogP contribution in [0.4, 0.5) is 18.9 Å². The van der Waals surface area contributed by atoms with Crippen LogP contribution >= 0.6 is 11.8 Å². The molecular weight excluding hydrogens is 433 g/mol. The van der Waals surface area contributed by atoms with E-state index in [0.717, 1.165) is 49.6 Å². The smallest absolute Gasteiger partial charge is 0.416 e. The predicted molar refractivity (Wildman–Crippen MR) is 109 cm³/mol. The van der Waals surface area contributed by atoms with E-state index in [4.69, 9.17) is 4.74 Å². The Labute approximate surface area is 182 Å². The Hall–Kier alpha value is -2.23. The number of alkyl halides is 3. The minimum absolute atomic E-state index is 0.0557. The van der Waals surface area contributed by atoms with Crippen LogP contribution in [0.5, 0.6) is 0 Å². The third-order valence-electron chi connectivity index (χ3n) is 5.60. The molecule has 1 heterocycles. The van der Waals surface area contributed by atoms with Crippen molar-refractivity contribution in [3.8, 4) is 0 Å². The van der Waals surface area contributed by atoms with Gasteiger partial charge in [-0.3, -0.25) is 14.4 Å². The molecule has 2 N–H and O–H groups in total. The van der Waals surface area contributed by atoms with E-state index in [-0.39, 0.29) is 24.1 Å². The molecule has 1 saturated carbocycles. The van der Waals surface area contributed by atoms with Crippen molar-refractivity contribution in [2.24, 2.45) is 5.92 Å². The quantitative estimate of drug-likeness (QED) is 0.648. The molecule has 3 rings (SSSR count). The highest BCUT2D eigenvalue weighted by atomic mass is 32.2. The van der Waals surface area contributed by atoms with Gasteiger partial charge in [-0.05, 0) is 43.9 Å². The number of hydrogen-bond donors (Lipinski definition) is 2. The summed E-state index contributed by atoms with van der Waals surface area (Å²) in [6.07, 6.45) is -1.70. The van der Waals surface area contributed by atoms with E-state index in [9.17, 15) is 27.6 Å². The summed E-state index contributed by atoms with van der Waals surface area (Å²) in [6.45, 7) is 3.55. The zero-order valence-corrected chi connectivity index (χ0v) is 18.1. The molecule has 4 atom stereocenters. The molecule has 1 aromatic rings. The maximum absolute atomic E-state index is 12.8. The number of hydrogen-bond acceptors (Lipinski definition) is 5. The van der Waals surface area contributed by atoms with E-state index in [0.29, 0.717) is 10.8 Å². The highest BCUT2D eigenvalue weighted by molar-refractivity contribution is 8.01. The minimum atomic E-state index is -4.52. The second kappa shape index (κ2) is 9.50. The molecule has 170 valence electrons. The molecule has 31 heavy (non-hydrogen) atoms. The first-order valence-electron chi connectivity index (χ1n) is 10.2. The maximum Gasteiger partial charge on any atom is 0.416 e. The number of thioether (sulfide) groups is 1. The minimum Gasteiger partial charge on any atom is -0.453 e. The van der Waals surface area contributed by atoms with Gasteiger partial charge in [-0.2, -0.15) is 13.2 Å². The number of halogens is 3. The van der Waals surface area contributed by atoms with E-state index >= 15 is 0 Å². The van der Waals surface area contributed by atoms with Gasteiger partial charge in [-0.15, -0.1) is 11.8 Å². The Kier molecular flexibility index (Phi) is 7.18. The van der Waals surface area contributed by atoms with Gasteiger partial charge in [-0.25, -0.2) is 0 Å². The summed E-state index contributed by atoms with van der Waals surface area (Å²) in [7, 11) is 0. The van der Waals surface area contributed by atoms with Crippen molar-refractivity contribution in [2.45, 2.75) is 74.4 Å². The topological polar surface area (TPSA) is 84.5 Å². The Bertz CT molecular complexity index is 862. The van der Waals surface area contributed by atoms with Crippen molar-refractivity contribution in [3.63, 3.8) is 0 Å². The van der Waals surface area contributed by atoms with Crippen molar-refractivity contribution < 1.29 is 32.3 Å². The second-order valence-electron chi connectivity index (χ2n) is 8.02. The van der Waals surface area contributed by atoms with E-state index in [1.807, 2.05) is 0 Å². The molecule has 6 nitrogen and oxygen atoms in total. The monoisotopic (exact) mass is 458 g/mol. The molecule has 2 aliphatic rings. The van der Waals surface area contributed by atoms with Crippen LogP contribution < -0.4 is 10.6 Å². The number of rotatable bonds is 5. The summed E-state index contributed by atoms with van der Waals surface area (Å²) in [5.41, 5.74) is -0.805. The number of nitrogens with one attached hydrogen (secondary N) is 2. The first kappa shape index (κ1) is 23.4. The third kappa shape index (κ3) is 5.93. The molecule has 0 bridgehead atoms. The fourth-order valence-corrected chi connectivity index (χ4v) is 4.82. The first-order chi connectivity index (χ1) is 14.5. The van der Waals surface area contributed by atoms with E-state index < -0.39 is 35.0 Å². The number of fused-ring (bicyclic) bond motifs is 1. The van der Waals surface area contributed by atoms with Gasteiger partial charge in [0.15, 0.2) is 6.10 Å². The van der Waals surface area contributed by atoms with Gasteiger partial charge in [0.05, 0.1) is 22.9 Å². The van der Waals surface area contributed by atoms with Crippen molar-refractivity contribution in [1.82, 2.24) is 5.32 Å². The highest BCUT2D eigenvalue weighted by Gasteiger charge is 2.35. The summed E-state index contributed by atoms with van der Waals surface area (Å²) < 4.78 is 43.7. The van der Waals surface area contributed by atoms with Crippen molar-refractivity contribution in [1.29, 1.82) is 0 Å². The predicted octanol–water partition coefficient (Wildman–Crippen LogP) is 4.13. The number of carbonyl (C=O) groups is 3. The molecule has 4 unspecified atom stereocenters. The normalized spacial score (nSPS) is 24.5. The first-order valence-corrected chi connectivity index (χ1v) is 11.1. The number of ether oxygens (including phenoxy) is 1. The van der Waals surface area contributed by atoms with Crippen LogP contribution in [0.3, 0.4) is 0 Å². The van der Waals surface area contributed by atoms with Crippen molar-refractivity contribution in [2.75, 3.05) is 5.32 Å². The number of carbonyl (C=O) groups excluding carboxylic acids is 3. The average molecular weight is 459 g/mol. The number of benzene rings is 1. The van der Waals surface area contributed by atoms with Gasteiger partial charge in [0, 0.05) is 10.9 Å². The largest absolute Gasteiger partial charge is 0.453 e. The third-order valence-corrected chi connectivity index (χ3v) is 6.87. The lowest BCUT2D eigenvalue weighted by atomic mass is 9.86. The number of amides is 2. The lowest BCUT2D eigenvalue weighted by molar-refractivity contribution is -0.155. The van der Waals surface area contributed by atoms with Crippen LogP contribution in [0.1, 0.15) is 51.5 Å². The summed E-state index contributed by atoms with van der Waals surface area (Å²) in [4.78, 5) is 37.3. The van der Waals surface area contributed by atoms with Crippen LogP contribution in [0, 0.1) is 5.92 Å². The number of esters is 1. The SMILES string of the molecule is CC(OC(=O)CC1Sc2ccc(C(F)(F)F)cc2NC1=O)C(=O)NC1CCCCC1C. The molecule has 0 aromatic heterocycles. The van der Waals surface area contributed by atoms with E-state index in [2.05, 4.69) is 17.6 Å². The fraction of sp³-hybridized carbons (Fsp3) is 0.571. The molecular formula is C21H25F3N2O4S. The Morgan fingerprint density at radius 1 is 1.29 bits per heavy atom. The average Bonchev–Trinajstić information content (AvgIpc) is 2.69. The van der Waals surface area contributed by atoms with Gasteiger partial charge in [0.2, 0.25) is 5.91 Å². The molecule has 1 aliphatic heterocycles.